The minimum absolute atomic E-state index is 0.0926. The average molecular weight is 185 g/mol. The number of hydrogen-bond acceptors (Lipinski definition) is 4. The van der Waals surface area contributed by atoms with Crippen LogP contribution >= 0.6 is 0 Å². The van der Waals surface area contributed by atoms with Crippen LogP contribution in [0, 0.1) is 10.1 Å². The van der Waals surface area contributed by atoms with Gasteiger partial charge >= 0.3 is 11.8 Å². The Labute approximate surface area is 72.6 Å². The predicted molar refractivity (Wildman–Crippen MR) is 41.2 cm³/mol. The van der Waals surface area contributed by atoms with Crippen molar-refractivity contribution in [2.45, 2.75) is 12.8 Å². The lowest BCUT2D eigenvalue weighted by Crippen LogP contribution is -1.98. The van der Waals surface area contributed by atoms with Gasteiger partial charge in [0.2, 0.25) is 0 Å². The highest BCUT2D eigenvalue weighted by Crippen LogP contribution is 2.07. The summed E-state index contributed by atoms with van der Waals surface area (Å²) in [5.74, 6) is -0.867. The second-order valence-electron chi connectivity index (χ2n) is 2.37. The van der Waals surface area contributed by atoms with Gasteiger partial charge < -0.3 is 15.2 Å². The molecular formula is C6H7N3O4. The van der Waals surface area contributed by atoms with Gasteiger partial charge in [-0.15, -0.1) is 0 Å². The third kappa shape index (κ3) is 2.55. The number of carboxylic acids is 1. The molecule has 0 atom stereocenters. The number of hydrogen-bond donors (Lipinski definition) is 2. The van der Waals surface area contributed by atoms with Crippen molar-refractivity contribution in [3.8, 4) is 0 Å². The number of carboxylic acid groups (broad SMARTS) is 1. The van der Waals surface area contributed by atoms with Crippen molar-refractivity contribution < 1.29 is 14.8 Å². The van der Waals surface area contributed by atoms with E-state index in [2.05, 4.69) is 9.97 Å². The number of imidazole rings is 1. The van der Waals surface area contributed by atoms with Gasteiger partial charge in [0.1, 0.15) is 6.20 Å². The van der Waals surface area contributed by atoms with Crippen LogP contribution in [0.5, 0.6) is 0 Å². The fraction of sp³-hybridized carbons (Fsp3) is 0.333. The van der Waals surface area contributed by atoms with E-state index in [1.54, 1.807) is 0 Å². The summed E-state index contributed by atoms with van der Waals surface area (Å²) < 4.78 is 0. The highest BCUT2D eigenvalue weighted by atomic mass is 16.6. The van der Waals surface area contributed by atoms with Crippen LogP contribution in [0.3, 0.4) is 0 Å². The van der Waals surface area contributed by atoms with Crippen molar-refractivity contribution >= 4 is 11.8 Å². The number of aromatic amines is 1. The first-order chi connectivity index (χ1) is 6.09. The molecule has 0 aliphatic heterocycles. The molecule has 1 heterocycles. The summed E-state index contributed by atoms with van der Waals surface area (Å²) >= 11 is 0. The van der Waals surface area contributed by atoms with E-state index in [9.17, 15) is 14.9 Å². The number of H-pyrrole nitrogens is 1. The fourth-order valence-electron chi connectivity index (χ4n) is 0.797. The number of aryl methyl sites for hydroxylation is 1. The minimum atomic E-state index is -0.959. The summed E-state index contributed by atoms with van der Waals surface area (Å²) in [6.45, 7) is 0. The summed E-state index contributed by atoms with van der Waals surface area (Å²) in [6.07, 6.45) is 1.14. The van der Waals surface area contributed by atoms with Gasteiger partial charge in [0.25, 0.3) is 0 Å². The zero-order valence-corrected chi connectivity index (χ0v) is 6.56. The molecule has 0 amide bonds. The normalized spacial score (nSPS) is 9.85. The Morgan fingerprint density at radius 1 is 1.77 bits per heavy atom. The first-order valence-electron chi connectivity index (χ1n) is 3.49. The summed E-state index contributed by atoms with van der Waals surface area (Å²) in [6, 6.07) is 0. The van der Waals surface area contributed by atoms with Gasteiger partial charge in [0.05, 0.1) is 6.42 Å². The fourth-order valence-corrected chi connectivity index (χ4v) is 0.797. The molecule has 0 spiro atoms. The van der Waals surface area contributed by atoms with E-state index in [4.69, 9.17) is 5.11 Å². The van der Waals surface area contributed by atoms with E-state index in [0.29, 0.717) is 5.82 Å². The van der Waals surface area contributed by atoms with Crippen LogP contribution in [-0.4, -0.2) is 26.0 Å². The highest BCUT2D eigenvalue weighted by molar-refractivity contribution is 5.66. The molecule has 0 fully saturated rings. The molecule has 0 saturated carbocycles. The molecule has 0 aromatic carbocycles. The number of aromatic nitrogens is 2. The standard InChI is InChI=1S/C6H7N3O4/c10-6(11)2-1-4-7-3-5(8-4)9(12)13/h3H,1-2H2,(H,7,8)(H,10,11). The summed E-state index contributed by atoms with van der Waals surface area (Å²) in [7, 11) is 0. The third-order valence-electron chi connectivity index (χ3n) is 1.39. The summed E-state index contributed by atoms with van der Waals surface area (Å²) in [5.41, 5.74) is 0. The molecule has 70 valence electrons. The Morgan fingerprint density at radius 2 is 2.46 bits per heavy atom. The van der Waals surface area contributed by atoms with E-state index < -0.39 is 10.9 Å². The summed E-state index contributed by atoms with van der Waals surface area (Å²) in [4.78, 5) is 25.7. The molecule has 0 aliphatic rings. The maximum absolute atomic E-state index is 10.2. The number of carbonyl (C=O) groups is 1. The van der Waals surface area contributed by atoms with Gasteiger partial charge in [0, 0.05) is 6.42 Å². The molecule has 1 aromatic rings. The lowest BCUT2D eigenvalue weighted by Gasteiger charge is -1.88. The topological polar surface area (TPSA) is 109 Å². The van der Waals surface area contributed by atoms with Crippen LogP contribution in [0.2, 0.25) is 0 Å². The van der Waals surface area contributed by atoms with Crippen molar-refractivity contribution in [3.05, 3.63) is 22.1 Å². The van der Waals surface area contributed by atoms with Crippen LogP contribution < -0.4 is 0 Å². The second-order valence-corrected chi connectivity index (χ2v) is 2.37. The molecule has 1 aromatic heterocycles. The maximum atomic E-state index is 10.2. The van der Waals surface area contributed by atoms with Crippen LogP contribution in [-0.2, 0) is 11.2 Å². The highest BCUT2D eigenvalue weighted by Gasteiger charge is 2.10. The van der Waals surface area contributed by atoms with E-state index in [1.807, 2.05) is 0 Å². The van der Waals surface area contributed by atoms with Crippen molar-refractivity contribution in [1.82, 2.24) is 9.97 Å². The number of aliphatic carboxylic acids is 1. The van der Waals surface area contributed by atoms with Crippen molar-refractivity contribution in [3.63, 3.8) is 0 Å². The monoisotopic (exact) mass is 185 g/mol. The van der Waals surface area contributed by atoms with Crippen LogP contribution in [0.15, 0.2) is 6.20 Å². The molecular weight excluding hydrogens is 178 g/mol. The van der Waals surface area contributed by atoms with Crippen LogP contribution in [0.1, 0.15) is 12.2 Å². The number of nitrogens with one attached hydrogen (secondary N) is 1. The zero-order chi connectivity index (χ0) is 9.84. The number of rotatable bonds is 4. The van der Waals surface area contributed by atoms with Gasteiger partial charge in [-0.3, -0.25) is 4.79 Å². The lowest BCUT2D eigenvalue weighted by molar-refractivity contribution is -0.389. The van der Waals surface area contributed by atoms with Crippen molar-refractivity contribution in [1.29, 1.82) is 0 Å². The SMILES string of the molecule is O=C(O)CCc1ncc([N+](=O)[O-])[nH]1. The molecule has 0 unspecified atom stereocenters. The molecule has 0 radical (unpaired) electrons. The Hall–Kier alpha value is -1.92. The van der Waals surface area contributed by atoms with Crippen molar-refractivity contribution in [2.24, 2.45) is 0 Å². The molecule has 2 N–H and O–H groups in total. The molecule has 0 saturated heterocycles. The number of nitrogens with zero attached hydrogens (tertiary/aromatic N) is 2. The van der Waals surface area contributed by atoms with Gasteiger partial charge in [-0.25, -0.2) is 9.97 Å². The lowest BCUT2D eigenvalue weighted by atomic mass is 10.3. The predicted octanol–water partition coefficient (Wildman–Crippen LogP) is 0.335. The molecule has 1 rings (SSSR count). The number of nitro groups is 1. The third-order valence-corrected chi connectivity index (χ3v) is 1.39. The molecule has 7 heteroatoms. The first-order valence-corrected chi connectivity index (χ1v) is 3.49. The Balaban J connectivity index is 2.59. The van der Waals surface area contributed by atoms with E-state index in [1.165, 1.54) is 0 Å². The second kappa shape index (κ2) is 3.65. The molecule has 13 heavy (non-hydrogen) atoms. The van der Waals surface area contributed by atoms with E-state index in [-0.39, 0.29) is 18.7 Å². The average Bonchev–Trinajstić information content (AvgIpc) is 2.48. The van der Waals surface area contributed by atoms with Crippen molar-refractivity contribution in [2.75, 3.05) is 0 Å². The minimum Gasteiger partial charge on any atom is -0.481 e. The smallest absolute Gasteiger partial charge is 0.340 e. The largest absolute Gasteiger partial charge is 0.481 e. The quantitative estimate of drug-likeness (QED) is 0.519. The Bertz CT molecular complexity index is 332. The van der Waals surface area contributed by atoms with E-state index in [0.717, 1.165) is 6.20 Å². The van der Waals surface area contributed by atoms with Gasteiger partial charge in [-0.2, -0.15) is 0 Å². The van der Waals surface area contributed by atoms with Crippen LogP contribution in [0.25, 0.3) is 0 Å². The first kappa shape index (κ1) is 9.17. The van der Waals surface area contributed by atoms with E-state index >= 15 is 0 Å². The molecule has 0 bridgehead atoms. The van der Waals surface area contributed by atoms with Gasteiger partial charge in [-0.05, 0) is 4.92 Å². The zero-order valence-electron chi connectivity index (χ0n) is 6.56. The van der Waals surface area contributed by atoms with Gasteiger partial charge in [-0.1, -0.05) is 0 Å². The molecule has 7 nitrogen and oxygen atoms in total. The molecule has 0 aliphatic carbocycles. The van der Waals surface area contributed by atoms with Crippen LogP contribution in [0.4, 0.5) is 5.82 Å². The van der Waals surface area contributed by atoms with Gasteiger partial charge in [0.15, 0.2) is 5.82 Å². The Kier molecular flexibility index (Phi) is 2.58. The maximum Gasteiger partial charge on any atom is 0.340 e. The summed E-state index contributed by atoms with van der Waals surface area (Å²) in [5, 5.41) is 18.5. The Morgan fingerprint density at radius 3 is 2.92 bits per heavy atom.